The van der Waals surface area contributed by atoms with E-state index in [0.29, 0.717) is 39.6 Å². The lowest BCUT2D eigenvalue weighted by molar-refractivity contribution is -0.113. The van der Waals surface area contributed by atoms with Crippen LogP contribution < -0.4 is 10.9 Å². The van der Waals surface area contributed by atoms with Crippen molar-refractivity contribution in [2.45, 2.75) is 18.6 Å². The van der Waals surface area contributed by atoms with Gasteiger partial charge >= 0.3 is 0 Å². The molecule has 0 bridgehead atoms. The summed E-state index contributed by atoms with van der Waals surface area (Å²) in [6.45, 7) is 2.01. The van der Waals surface area contributed by atoms with E-state index in [0.717, 1.165) is 5.56 Å². The van der Waals surface area contributed by atoms with E-state index in [1.807, 2.05) is 48.5 Å². The smallest absolute Gasteiger partial charge is 0.263 e. The highest BCUT2D eigenvalue weighted by Crippen LogP contribution is 2.22. The molecule has 5 aromatic rings. The molecule has 1 amide bonds. The third kappa shape index (κ3) is 4.17. The lowest BCUT2D eigenvalue weighted by Gasteiger charge is -2.11. The van der Waals surface area contributed by atoms with Gasteiger partial charge in [0, 0.05) is 5.69 Å². The minimum absolute atomic E-state index is 0.0441. The van der Waals surface area contributed by atoms with E-state index < -0.39 is 0 Å². The van der Waals surface area contributed by atoms with Crippen molar-refractivity contribution in [2.24, 2.45) is 0 Å². The second-order valence-corrected chi connectivity index (χ2v) is 8.76. The number of nitrogens with zero attached hydrogens (tertiary/aromatic N) is 4. The fraction of sp³-hybridized carbons (Fsp3) is 0.120. The van der Waals surface area contributed by atoms with Crippen molar-refractivity contribution >= 4 is 40.0 Å². The van der Waals surface area contributed by atoms with Gasteiger partial charge in [0.1, 0.15) is 5.82 Å². The molecule has 0 aliphatic rings. The summed E-state index contributed by atoms with van der Waals surface area (Å²) in [5.74, 6) is -0.234. The van der Waals surface area contributed by atoms with Gasteiger partial charge in [0.2, 0.25) is 11.7 Å². The Kier molecular flexibility index (Phi) is 5.85. The Morgan fingerprint density at radius 2 is 1.79 bits per heavy atom. The molecule has 0 unspecified atom stereocenters. The number of carbonyl (C=O) groups excluding carboxylic acids is 1. The summed E-state index contributed by atoms with van der Waals surface area (Å²) >= 11 is 1.20. The van der Waals surface area contributed by atoms with E-state index in [9.17, 15) is 14.0 Å². The highest BCUT2D eigenvalue weighted by molar-refractivity contribution is 7.99. The van der Waals surface area contributed by atoms with Crippen LogP contribution in [-0.4, -0.2) is 30.8 Å². The minimum atomic E-state index is -0.378. The summed E-state index contributed by atoms with van der Waals surface area (Å²) in [5.41, 5.74) is 2.37. The van der Waals surface area contributed by atoms with Crippen LogP contribution in [0.1, 0.15) is 11.1 Å². The van der Waals surface area contributed by atoms with Gasteiger partial charge in [-0.25, -0.2) is 4.39 Å². The second-order valence-electron chi connectivity index (χ2n) is 7.81. The molecule has 2 heterocycles. The van der Waals surface area contributed by atoms with E-state index in [4.69, 9.17) is 0 Å². The molecule has 170 valence electrons. The zero-order chi connectivity index (χ0) is 23.7. The molecule has 0 saturated carbocycles. The van der Waals surface area contributed by atoms with Crippen LogP contribution in [0.2, 0.25) is 0 Å². The maximum atomic E-state index is 13.8. The average Bonchev–Trinajstić information content (AvgIpc) is 3.27. The lowest BCUT2D eigenvalue weighted by atomic mass is 10.2. The first-order chi connectivity index (χ1) is 16.5. The molecule has 0 aliphatic heterocycles. The van der Waals surface area contributed by atoms with Crippen LogP contribution >= 0.6 is 11.8 Å². The van der Waals surface area contributed by atoms with Crippen LogP contribution in [0.15, 0.2) is 82.7 Å². The number of benzene rings is 3. The molecule has 34 heavy (non-hydrogen) atoms. The molecule has 0 saturated heterocycles. The molecule has 1 N–H and O–H groups in total. The number of amides is 1. The van der Waals surface area contributed by atoms with Crippen LogP contribution in [0.25, 0.3) is 16.7 Å². The van der Waals surface area contributed by atoms with Gasteiger partial charge in [0.05, 0.1) is 23.2 Å². The summed E-state index contributed by atoms with van der Waals surface area (Å²) in [7, 11) is 0. The molecule has 2 aromatic heterocycles. The van der Waals surface area contributed by atoms with E-state index in [-0.39, 0.29) is 23.0 Å². The van der Waals surface area contributed by atoms with Gasteiger partial charge in [0.25, 0.3) is 5.56 Å². The fourth-order valence-electron chi connectivity index (χ4n) is 3.73. The Labute approximate surface area is 198 Å². The lowest BCUT2D eigenvalue weighted by Crippen LogP contribution is -2.24. The van der Waals surface area contributed by atoms with E-state index in [1.165, 1.54) is 17.8 Å². The molecular formula is C25H20FN5O2S. The molecule has 0 fully saturated rings. The van der Waals surface area contributed by atoms with Crippen LogP contribution in [0.3, 0.4) is 0 Å². The number of halogens is 1. The maximum absolute atomic E-state index is 13.8. The first kappa shape index (κ1) is 21.8. The summed E-state index contributed by atoms with van der Waals surface area (Å²) in [6, 6.07) is 21.5. The molecule has 0 radical (unpaired) electrons. The monoisotopic (exact) mass is 473 g/mol. The van der Waals surface area contributed by atoms with Crippen molar-refractivity contribution in [2.75, 3.05) is 11.1 Å². The topological polar surface area (TPSA) is 81.3 Å². The number of carbonyl (C=O) groups is 1. The highest BCUT2D eigenvalue weighted by Gasteiger charge is 2.18. The summed E-state index contributed by atoms with van der Waals surface area (Å²) < 4.78 is 17.2. The Morgan fingerprint density at radius 1 is 1.03 bits per heavy atom. The van der Waals surface area contributed by atoms with Gasteiger partial charge in [-0.3, -0.25) is 18.6 Å². The number of nitrogens with one attached hydrogen (secondary N) is 1. The van der Waals surface area contributed by atoms with Crippen molar-refractivity contribution in [3.63, 3.8) is 0 Å². The van der Waals surface area contributed by atoms with Gasteiger partial charge in [-0.05, 0) is 42.3 Å². The van der Waals surface area contributed by atoms with Crippen molar-refractivity contribution < 1.29 is 9.18 Å². The van der Waals surface area contributed by atoms with Gasteiger partial charge in [-0.1, -0.05) is 60.3 Å². The van der Waals surface area contributed by atoms with Gasteiger partial charge in [0.15, 0.2) is 5.16 Å². The van der Waals surface area contributed by atoms with Crippen molar-refractivity contribution in [3.05, 3.63) is 100 Å². The predicted octanol–water partition coefficient (Wildman–Crippen LogP) is 4.27. The zero-order valence-corrected chi connectivity index (χ0v) is 19.1. The average molecular weight is 474 g/mol. The third-order valence-electron chi connectivity index (χ3n) is 5.45. The number of hydrogen-bond donors (Lipinski definition) is 1. The van der Waals surface area contributed by atoms with E-state index in [1.54, 1.807) is 34.1 Å². The molecule has 0 atom stereocenters. The SMILES string of the molecule is Cc1ccc(NC(=O)CSc2nnc3n(Cc4ccccc4)c(=O)c4ccccc4n23)cc1F. The Balaban J connectivity index is 1.48. The molecule has 0 spiro atoms. The van der Waals surface area contributed by atoms with Crippen molar-refractivity contribution in [3.8, 4) is 0 Å². The predicted molar refractivity (Wildman–Crippen MR) is 131 cm³/mol. The van der Waals surface area contributed by atoms with Crippen molar-refractivity contribution in [1.29, 1.82) is 0 Å². The van der Waals surface area contributed by atoms with Crippen LogP contribution in [-0.2, 0) is 11.3 Å². The van der Waals surface area contributed by atoms with Crippen LogP contribution in [0, 0.1) is 12.7 Å². The molecule has 5 rings (SSSR count). The summed E-state index contributed by atoms with van der Waals surface area (Å²) in [5, 5.41) is 12.3. The molecule has 3 aromatic carbocycles. The number of para-hydroxylation sites is 1. The first-order valence-electron chi connectivity index (χ1n) is 10.6. The first-order valence-corrected chi connectivity index (χ1v) is 11.6. The third-order valence-corrected chi connectivity index (χ3v) is 6.38. The number of thioether (sulfide) groups is 1. The van der Waals surface area contributed by atoms with E-state index in [2.05, 4.69) is 15.5 Å². The number of rotatable bonds is 6. The largest absolute Gasteiger partial charge is 0.325 e. The molecule has 9 heteroatoms. The Morgan fingerprint density at radius 3 is 2.59 bits per heavy atom. The van der Waals surface area contributed by atoms with Crippen LogP contribution in [0.4, 0.5) is 10.1 Å². The number of aryl methyl sites for hydroxylation is 1. The van der Waals surface area contributed by atoms with Crippen LogP contribution in [0.5, 0.6) is 0 Å². The fourth-order valence-corrected chi connectivity index (χ4v) is 4.47. The number of aromatic nitrogens is 4. The summed E-state index contributed by atoms with van der Waals surface area (Å²) in [6.07, 6.45) is 0. The highest BCUT2D eigenvalue weighted by atomic mass is 32.2. The summed E-state index contributed by atoms with van der Waals surface area (Å²) in [4.78, 5) is 25.8. The molecule has 0 aliphatic carbocycles. The molecular weight excluding hydrogens is 453 g/mol. The zero-order valence-electron chi connectivity index (χ0n) is 18.2. The number of hydrogen-bond acceptors (Lipinski definition) is 5. The molecule has 7 nitrogen and oxygen atoms in total. The van der Waals surface area contributed by atoms with Crippen molar-refractivity contribution in [1.82, 2.24) is 19.2 Å². The number of anilines is 1. The number of fused-ring (bicyclic) bond motifs is 3. The quantitative estimate of drug-likeness (QED) is 0.373. The Bertz CT molecular complexity index is 1580. The minimum Gasteiger partial charge on any atom is -0.325 e. The standard InChI is InChI=1S/C25H20FN5O2S/c1-16-11-12-18(13-20(16)26)27-22(32)15-34-25-29-28-24-30(14-17-7-3-2-4-8-17)23(33)19-9-5-6-10-21(19)31(24)25/h2-13H,14-15H2,1H3,(H,27,32). The maximum Gasteiger partial charge on any atom is 0.263 e. The van der Waals surface area contributed by atoms with Gasteiger partial charge in [-0.2, -0.15) is 0 Å². The van der Waals surface area contributed by atoms with Gasteiger partial charge < -0.3 is 5.32 Å². The second kappa shape index (κ2) is 9.11. The Hall–Kier alpha value is -3.98. The normalized spacial score (nSPS) is 11.2. The van der Waals surface area contributed by atoms with E-state index >= 15 is 0 Å². The van der Waals surface area contributed by atoms with Gasteiger partial charge in [-0.15, -0.1) is 10.2 Å².